The predicted octanol–water partition coefficient (Wildman–Crippen LogP) is 3.41. The van der Waals surface area contributed by atoms with E-state index in [1.54, 1.807) is 43.5 Å². The van der Waals surface area contributed by atoms with Crippen molar-refractivity contribution in [2.75, 3.05) is 20.3 Å². The molecule has 0 fully saturated rings. The number of nitrogens with zero attached hydrogens (tertiary/aromatic N) is 1. The summed E-state index contributed by atoms with van der Waals surface area (Å²) in [6.07, 6.45) is 0.263. The van der Waals surface area contributed by atoms with Crippen LogP contribution in [0.15, 0.2) is 58.2 Å². The van der Waals surface area contributed by atoms with E-state index in [2.05, 4.69) is 25.8 Å². The fourth-order valence-corrected chi connectivity index (χ4v) is 4.93. The number of aromatic amines is 1. The molecule has 0 amide bonds. The number of aromatic nitrogens is 1. The molecule has 0 atom stereocenters. The van der Waals surface area contributed by atoms with Crippen molar-refractivity contribution < 1.29 is 18.3 Å². The largest absolute Gasteiger partial charge is 0.497 e. The van der Waals surface area contributed by atoms with Gasteiger partial charge in [0, 0.05) is 36.2 Å². The summed E-state index contributed by atoms with van der Waals surface area (Å²) < 4.78 is 33.3. The third-order valence-corrected chi connectivity index (χ3v) is 7.26. The lowest BCUT2D eigenvalue weighted by Gasteiger charge is -2.23. The van der Waals surface area contributed by atoms with E-state index in [0.717, 1.165) is 10.9 Å². The molecule has 3 aromatic rings. The summed E-state index contributed by atoms with van der Waals surface area (Å²) in [7, 11) is -2.31. The van der Waals surface area contributed by atoms with Crippen LogP contribution in [0.1, 0.15) is 38.3 Å². The SMILES string of the molecule is COc1ccc2[nH]c(=O)c(CN(CCCO)S(=O)(=O)c3ccc(C(C)(C)C)cc3)cc2c1. The molecule has 8 heteroatoms. The molecule has 0 saturated heterocycles. The van der Waals surface area contributed by atoms with Crippen molar-refractivity contribution in [1.82, 2.24) is 9.29 Å². The Morgan fingerprint density at radius 2 is 1.75 bits per heavy atom. The minimum absolute atomic E-state index is 0.0927. The molecule has 32 heavy (non-hydrogen) atoms. The molecule has 0 saturated carbocycles. The predicted molar refractivity (Wildman–Crippen MR) is 126 cm³/mol. The second-order valence-electron chi connectivity index (χ2n) is 8.77. The molecule has 2 N–H and O–H groups in total. The maximum absolute atomic E-state index is 13.4. The Hall–Kier alpha value is -2.68. The van der Waals surface area contributed by atoms with E-state index in [1.165, 1.54) is 4.31 Å². The van der Waals surface area contributed by atoms with Gasteiger partial charge < -0.3 is 14.8 Å². The van der Waals surface area contributed by atoms with Crippen LogP contribution in [-0.2, 0) is 22.0 Å². The number of aliphatic hydroxyl groups is 1. The first kappa shape index (κ1) is 24.0. The Morgan fingerprint density at radius 3 is 2.34 bits per heavy atom. The van der Waals surface area contributed by atoms with Crippen molar-refractivity contribution >= 4 is 20.9 Å². The standard InChI is InChI=1S/C24H30N2O5S/c1-24(2,3)19-6-9-21(10-7-19)32(29,30)26(12-5-13-27)16-18-14-17-15-20(31-4)8-11-22(17)25-23(18)28/h6-11,14-15,27H,5,12-13,16H2,1-4H3,(H,25,28). The molecule has 0 unspecified atom stereocenters. The first-order valence-electron chi connectivity index (χ1n) is 10.5. The summed E-state index contributed by atoms with van der Waals surface area (Å²) in [5, 5.41) is 10.0. The zero-order valence-electron chi connectivity index (χ0n) is 18.9. The van der Waals surface area contributed by atoms with Crippen molar-refractivity contribution in [2.24, 2.45) is 0 Å². The molecule has 172 valence electrons. The number of aliphatic hydroxyl groups excluding tert-OH is 1. The third kappa shape index (κ3) is 5.20. The van der Waals surface area contributed by atoms with E-state index >= 15 is 0 Å². The van der Waals surface area contributed by atoms with Gasteiger partial charge in [0.15, 0.2) is 0 Å². The number of hydrogen-bond donors (Lipinski definition) is 2. The molecule has 1 aromatic heterocycles. The van der Waals surface area contributed by atoms with E-state index in [4.69, 9.17) is 4.74 Å². The lowest BCUT2D eigenvalue weighted by Crippen LogP contribution is -2.34. The van der Waals surface area contributed by atoms with E-state index in [0.29, 0.717) is 16.8 Å². The zero-order valence-corrected chi connectivity index (χ0v) is 19.7. The maximum Gasteiger partial charge on any atom is 0.252 e. The minimum Gasteiger partial charge on any atom is -0.497 e. The molecular formula is C24H30N2O5S. The first-order chi connectivity index (χ1) is 15.1. The first-order valence-corrected chi connectivity index (χ1v) is 11.9. The number of methoxy groups -OCH3 is 1. The van der Waals surface area contributed by atoms with Gasteiger partial charge in [0.2, 0.25) is 10.0 Å². The van der Waals surface area contributed by atoms with Crippen LogP contribution >= 0.6 is 0 Å². The van der Waals surface area contributed by atoms with Gasteiger partial charge in [-0.15, -0.1) is 0 Å². The highest BCUT2D eigenvalue weighted by Crippen LogP contribution is 2.26. The second kappa shape index (κ2) is 9.44. The number of benzene rings is 2. The fraction of sp³-hybridized carbons (Fsp3) is 0.375. The Morgan fingerprint density at radius 1 is 1.06 bits per heavy atom. The Kier molecular flexibility index (Phi) is 7.07. The van der Waals surface area contributed by atoms with Gasteiger partial charge >= 0.3 is 0 Å². The quantitative estimate of drug-likeness (QED) is 0.539. The summed E-state index contributed by atoms with van der Waals surface area (Å²) in [4.78, 5) is 15.6. The molecule has 0 aliphatic rings. The molecule has 1 heterocycles. The minimum atomic E-state index is -3.87. The molecule has 2 aromatic carbocycles. The third-order valence-electron chi connectivity index (χ3n) is 5.40. The average molecular weight is 459 g/mol. The lowest BCUT2D eigenvalue weighted by molar-refractivity contribution is 0.267. The van der Waals surface area contributed by atoms with E-state index in [9.17, 15) is 18.3 Å². The number of pyridine rings is 1. The molecular weight excluding hydrogens is 428 g/mol. The number of rotatable bonds is 8. The number of nitrogens with one attached hydrogen (secondary N) is 1. The van der Waals surface area contributed by atoms with Gasteiger partial charge in [-0.2, -0.15) is 4.31 Å². The van der Waals surface area contributed by atoms with Crippen LogP contribution in [0.4, 0.5) is 0 Å². The molecule has 3 rings (SSSR count). The van der Waals surface area contributed by atoms with Crippen molar-refractivity contribution in [3.63, 3.8) is 0 Å². The van der Waals surface area contributed by atoms with Gasteiger partial charge in [0.05, 0.1) is 12.0 Å². The summed E-state index contributed by atoms with van der Waals surface area (Å²) in [6.45, 7) is 6.02. The Bertz CT molecular complexity index is 1240. The van der Waals surface area contributed by atoms with Gasteiger partial charge in [-0.1, -0.05) is 32.9 Å². The van der Waals surface area contributed by atoms with Crippen LogP contribution in [0.3, 0.4) is 0 Å². The number of H-pyrrole nitrogens is 1. The van der Waals surface area contributed by atoms with Crippen molar-refractivity contribution in [3.8, 4) is 5.75 Å². The number of fused-ring (bicyclic) bond motifs is 1. The van der Waals surface area contributed by atoms with E-state index in [-0.39, 0.29) is 42.0 Å². The van der Waals surface area contributed by atoms with Crippen molar-refractivity contribution in [1.29, 1.82) is 0 Å². The molecule has 0 radical (unpaired) electrons. The van der Waals surface area contributed by atoms with Crippen LogP contribution in [0, 0.1) is 0 Å². The highest BCUT2D eigenvalue weighted by Gasteiger charge is 2.26. The summed E-state index contributed by atoms with van der Waals surface area (Å²) >= 11 is 0. The maximum atomic E-state index is 13.4. The summed E-state index contributed by atoms with van der Waals surface area (Å²) in [5.74, 6) is 0.638. The van der Waals surface area contributed by atoms with Crippen LogP contribution in [0.25, 0.3) is 10.9 Å². The smallest absolute Gasteiger partial charge is 0.252 e. The summed E-state index contributed by atoms with van der Waals surface area (Å²) in [5.41, 5.74) is 1.53. The van der Waals surface area contributed by atoms with Gasteiger partial charge in [-0.3, -0.25) is 4.79 Å². The van der Waals surface area contributed by atoms with Crippen LogP contribution in [0.2, 0.25) is 0 Å². The topological polar surface area (TPSA) is 99.7 Å². The molecule has 0 bridgehead atoms. The molecule has 7 nitrogen and oxygen atoms in total. The van der Waals surface area contributed by atoms with Crippen LogP contribution in [-0.4, -0.2) is 43.1 Å². The summed E-state index contributed by atoms with van der Waals surface area (Å²) in [6, 6.07) is 13.8. The normalized spacial score (nSPS) is 12.4. The molecule has 0 aliphatic heterocycles. The highest BCUT2D eigenvalue weighted by molar-refractivity contribution is 7.89. The van der Waals surface area contributed by atoms with E-state index in [1.807, 2.05) is 12.1 Å². The second-order valence-corrected chi connectivity index (χ2v) is 10.7. The van der Waals surface area contributed by atoms with Crippen LogP contribution in [0.5, 0.6) is 5.75 Å². The Labute approximate surface area is 188 Å². The average Bonchev–Trinajstić information content (AvgIpc) is 2.75. The van der Waals surface area contributed by atoms with Crippen molar-refractivity contribution in [3.05, 3.63) is 70.0 Å². The van der Waals surface area contributed by atoms with Crippen molar-refractivity contribution in [2.45, 2.75) is 44.0 Å². The zero-order chi connectivity index (χ0) is 23.5. The monoisotopic (exact) mass is 458 g/mol. The molecule has 0 aliphatic carbocycles. The fourth-order valence-electron chi connectivity index (χ4n) is 3.47. The van der Waals surface area contributed by atoms with Gasteiger partial charge in [-0.05, 0) is 53.8 Å². The Balaban J connectivity index is 1.99. The lowest BCUT2D eigenvalue weighted by atomic mass is 9.87. The number of hydrogen-bond acceptors (Lipinski definition) is 5. The highest BCUT2D eigenvalue weighted by atomic mass is 32.2. The van der Waals surface area contributed by atoms with Gasteiger partial charge in [0.25, 0.3) is 5.56 Å². The van der Waals surface area contributed by atoms with E-state index < -0.39 is 10.0 Å². The number of ether oxygens (including phenoxy) is 1. The number of sulfonamides is 1. The van der Waals surface area contributed by atoms with Crippen LogP contribution < -0.4 is 10.3 Å². The van der Waals surface area contributed by atoms with Gasteiger partial charge in [0.1, 0.15) is 5.75 Å². The molecule has 0 spiro atoms. The van der Waals surface area contributed by atoms with Gasteiger partial charge in [-0.25, -0.2) is 8.42 Å².